The molecule has 1 aliphatic carbocycles. The lowest BCUT2D eigenvalue weighted by Crippen LogP contribution is -2.32. The maximum Gasteiger partial charge on any atom is 0.225 e. The van der Waals surface area contributed by atoms with Gasteiger partial charge in [0, 0.05) is 24.0 Å². The number of halogens is 1. The van der Waals surface area contributed by atoms with Crippen molar-refractivity contribution >= 4 is 21.8 Å². The molecule has 0 unspecified atom stereocenters. The van der Waals surface area contributed by atoms with Gasteiger partial charge in [0.2, 0.25) is 5.91 Å². The van der Waals surface area contributed by atoms with Gasteiger partial charge in [0.15, 0.2) is 0 Å². The molecule has 1 amide bonds. The zero-order chi connectivity index (χ0) is 13.7. The third-order valence-electron chi connectivity index (χ3n) is 3.91. The molecular weight excluding hydrogens is 302 g/mol. The van der Waals surface area contributed by atoms with Crippen molar-refractivity contribution in [1.82, 2.24) is 4.90 Å². The van der Waals surface area contributed by atoms with Gasteiger partial charge in [-0.2, -0.15) is 0 Å². The van der Waals surface area contributed by atoms with Gasteiger partial charge in [0.25, 0.3) is 0 Å². The van der Waals surface area contributed by atoms with E-state index in [-0.39, 0.29) is 5.92 Å². The van der Waals surface area contributed by atoms with Gasteiger partial charge in [-0.15, -0.1) is 0 Å². The fourth-order valence-corrected chi connectivity index (χ4v) is 3.04. The van der Waals surface area contributed by atoms with E-state index in [1.165, 1.54) is 31.2 Å². The Morgan fingerprint density at radius 2 is 1.74 bits per heavy atom. The van der Waals surface area contributed by atoms with Crippen LogP contribution in [0.25, 0.3) is 0 Å². The van der Waals surface area contributed by atoms with Crippen molar-refractivity contribution in [2.75, 3.05) is 7.05 Å². The van der Waals surface area contributed by atoms with E-state index in [2.05, 4.69) is 28.1 Å². The second-order valence-corrected chi connectivity index (χ2v) is 6.42. The Morgan fingerprint density at radius 3 is 2.32 bits per heavy atom. The number of rotatable bonds is 3. The maximum absolute atomic E-state index is 12.4. The third kappa shape index (κ3) is 4.34. The van der Waals surface area contributed by atoms with Crippen LogP contribution in [0.3, 0.4) is 0 Å². The molecule has 1 fully saturated rings. The zero-order valence-corrected chi connectivity index (χ0v) is 13.2. The van der Waals surface area contributed by atoms with Gasteiger partial charge in [0.1, 0.15) is 0 Å². The summed E-state index contributed by atoms with van der Waals surface area (Å²) in [6.45, 7) is 0.711. The van der Waals surface area contributed by atoms with Crippen molar-refractivity contribution in [3.63, 3.8) is 0 Å². The van der Waals surface area contributed by atoms with Crippen LogP contribution < -0.4 is 0 Å². The number of amides is 1. The summed E-state index contributed by atoms with van der Waals surface area (Å²) in [5, 5.41) is 0. The lowest BCUT2D eigenvalue weighted by atomic mass is 9.98. The molecule has 1 saturated carbocycles. The van der Waals surface area contributed by atoms with Gasteiger partial charge in [-0.25, -0.2) is 0 Å². The molecule has 19 heavy (non-hydrogen) atoms. The van der Waals surface area contributed by atoms with Crippen LogP contribution in [-0.4, -0.2) is 17.9 Å². The summed E-state index contributed by atoms with van der Waals surface area (Å²) in [4.78, 5) is 14.3. The number of hydrogen-bond donors (Lipinski definition) is 0. The van der Waals surface area contributed by atoms with E-state index in [0.29, 0.717) is 12.5 Å². The summed E-state index contributed by atoms with van der Waals surface area (Å²) in [6.07, 6.45) is 7.15. The van der Waals surface area contributed by atoms with E-state index < -0.39 is 0 Å². The first-order valence-electron chi connectivity index (χ1n) is 7.16. The number of carbonyl (C=O) groups is 1. The molecular formula is C16H22BrNO. The molecule has 1 aliphatic rings. The largest absolute Gasteiger partial charge is 0.341 e. The zero-order valence-electron chi connectivity index (χ0n) is 11.6. The molecule has 2 rings (SSSR count). The minimum Gasteiger partial charge on any atom is -0.341 e. The SMILES string of the molecule is CN(Cc1ccc(Br)cc1)C(=O)C1CCCCCC1. The number of carbonyl (C=O) groups excluding carboxylic acids is 1. The molecule has 0 aliphatic heterocycles. The van der Waals surface area contributed by atoms with Crippen LogP contribution >= 0.6 is 15.9 Å². The minimum atomic E-state index is 0.253. The Balaban J connectivity index is 1.92. The highest BCUT2D eigenvalue weighted by Gasteiger charge is 2.22. The quantitative estimate of drug-likeness (QED) is 0.756. The van der Waals surface area contributed by atoms with Crippen molar-refractivity contribution in [3.8, 4) is 0 Å². The molecule has 104 valence electrons. The summed E-state index contributed by atoms with van der Waals surface area (Å²) in [5.41, 5.74) is 1.19. The van der Waals surface area contributed by atoms with E-state index in [1.54, 1.807) is 0 Å². The highest BCUT2D eigenvalue weighted by atomic mass is 79.9. The van der Waals surface area contributed by atoms with Crippen LogP contribution in [0.2, 0.25) is 0 Å². The van der Waals surface area contributed by atoms with E-state index >= 15 is 0 Å². The Hall–Kier alpha value is -0.830. The number of benzene rings is 1. The summed E-state index contributed by atoms with van der Waals surface area (Å²) in [7, 11) is 1.93. The average molecular weight is 324 g/mol. The van der Waals surface area contributed by atoms with Gasteiger partial charge < -0.3 is 4.90 Å². The second kappa shape index (κ2) is 7.09. The Labute approximate surface area is 124 Å². The fourth-order valence-electron chi connectivity index (χ4n) is 2.78. The van der Waals surface area contributed by atoms with E-state index in [0.717, 1.165) is 17.3 Å². The predicted octanol–water partition coefficient (Wildman–Crippen LogP) is 4.38. The average Bonchev–Trinajstić information content (AvgIpc) is 2.69. The van der Waals surface area contributed by atoms with Crippen LogP contribution in [0, 0.1) is 5.92 Å². The lowest BCUT2D eigenvalue weighted by Gasteiger charge is -2.23. The van der Waals surface area contributed by atoms with E-state index in [9.17, 15) is 4.79 Å². The lowest BCUT2D eigenvalue weighted by molar-refractivity contribution is -0.135. The van der Waals surface area contributed by atoms with Gasteiger partial charge in [-0.3, -0.25) is 4.79 Å². The molecule has 2 nitrogen and oxygen atoms in total. The van der Waals surface area contributed by atoms with Crippen molar-refractivity contribution in [1.29, 1.82) is 0 Å². The van der Waals surface area contributed by atoms with Crippen molar-refractivity contribution < 1.29 is 4.79 Å². The van der Waals surface area contributed by atoms with Crippen LogP contribution in [0.1, 0.15) is 44.1 Å². The first-order chi connectivity index (χ1) is 9.16. The first-order valence-corrected chi connectivity index (χ1v) is 7.95. The van der Waals surface area contributed by atoms with Crippen molar-refractivity contribution in [2.45, 2.75) is 45.1 Å². The molecule has 1 aromatic rings. The standard InChI is InChI=1S/C16H22BrNO/c1-18(12-13-8-10-15(17)11-9-13)16(19)14-6-4-2-3-5-7-14/h8-11,14H,2-7,12H2,1H3. The van der Waals surface area contributed by atoms with E-state index in [4.69, 9.17) is 0 Å². The molecule has 0 radical (unpaired) electrons. The van der Waals surface area contributed by atoms with E-state index in [1.807, 2.05) is 24.1 Å². The molecule has 0 bridgehead atoms. The monoisotopic (exact) mass is 323 g/mol. The Morgan fingerprint density at radius 1 is 1.16 bits per heavy atom. The van der Waals surface area contributed by atoms with Crippen molar-refractivity contribution in [3.05, 3.63) is 34.3 Å². The summed E-state index contributed by atoms with van der Waals surface area (Å²) < 4.78 is 1.08. The molecule has 0 atom stereocenters. The topological polar surface area (TPSA) is 20.3 Å². The molecule has 3 heteroatoms. The summed E-state index contributed by atoms with van der Waals surface area (Å²) in [5.74, 6) is 0.577. The van der Waals surface area contributed by atoms with Crippen LogP contribution in [0.5, 0.6) is 0 Å². The molecule has 0 saturated heterocycles. The van der Waals surface area contributed by atoms with Gasteiger partial charge >= 0.3 is 0 Å². The molecule has 0 heterocycles. The smallest absolute Gasteiger partial charge is 0.225 e. The molecule has 0 spiro atoms. The van der Waals surface area contributed by atoms with Crippen molar-refractivity contribution in [2.24, 2.45) is 5.92 Å². The van der Waals surface area contributed by atoms with Crippen LogP contribution in [-0.2, 0) is 11.3 Å². The molecule has 1 aromatic carbocycles. The second-order valence-electron chi connectivity index (χ2n) is 5.51. The normalized spacial score (nSPS) is 16.9. The molecule has 0 N–H and O–H groups in total. The minimum absolute atomic E-state index is 0.253. The van der Waals surface area contributed by atoms with Crippen LogP contribution in [0.4, 0.5) is 0 Å². The van der Waals surface area contributed by atoms with Gasteiger partial charge in [0.05, 0.1) is 0 Å². The highest BCUT2D eigenvalue weighted by Crippen LogP contribution is 2.24. The Bertz CT molecular complexity index is 407. The van der Waals surface area contributed by atoms with Gasteiger partial charge in [-0.1, -0.05) is 53.7 Å². The summed E-state index contributed by atoms with van der Waals surface area (Å²) >= 11 is 3.43. The summed E-state index contributed by atoms with van der Waals surface area (Å²) in [6, 6.07) is 8.19. The van der Waals surface area contributed by atoms with Gasteiger partial charge in [-0.05, 0) is 30.5 Å². The molecule has 0 aromatic heterocycles. The van der Waals surface area contributed by atoms with Crippen LogP contribution in [0.15, 0.2) is 28.7 Å². The number of nitrogens with zero attached hydrogens (tertiary/aromatic N) is 1. The number of hydrogen-bond acceptors (Lipinski definition) is 1. The predicted molar refractivity (Wildman–Crippen MR) is 81.8 cm³/mol. The third-order valence-corrected chi connectivity index (χ3v) is 4.44. The highest BCUT2D eigenvalue weighted by molar-refractivity contribution is 9.10. The fraction of sp³-hybridized carbons (Fsp3) is 0.562. The Kier molecular flexibility index (Phi) is 5.44. The first kappa shape index (κ1) is 14.6. The maximum atomic E-state index is 12.4.